The quantitative estimate of drug-likeness (QED) is 0.708. The molecule has 0 aromatic heterocycles. The molecule has 1 fully saturated rings. The summed E-state index contributed by atoms with van der Waals surface area (Å²) in [6.45, 7) is 2.96. The van der Waals surface area contributed by atoms with E-state index in [0.29, 0.717) is 26.0 Å². The highest BCUT2D eigenvalue weighted by atomic mass is 16.5. The molecule has 1 saturated heterocycles. The number of nitrogens with zero attached hydrogens (tertiary/aromatic N) is 1. The number of carboxylic acid groups (broad SMARTS) is 1. The van der Waals surface area contributed by atoms with Crippen molar-refractivity contribution in [2.24, 2.45) is 5.92 Å². The van der Waals surface area contributed by atoms with E-state index in [1.165, 1.54) is 4.90 Å². The van der Waals surface area contributed by atoms with E-state index in [1.54, 1.807) is 6.92 Å². The first-order valence-corrected chi connectivity index (χ1v) is 6.45. The Hall–Kier alpha value is -1.79. The number of piperidine rings is 1. The fraction of sp³-hybridized carbons (Fsp3) is 0.750. The van der Waals surface area contributed by atoms with Crippen molar-refractivity contribution in [2.75, 3.05) is 26.2 Å². The lowest BCUT2D eigenvalue weighted by molar-refractivity contribution is -0.143. The Morgan fingerprint density at radius 1 is 1.42 bits per heavy atom. The number of carbonyl (C=O) groups excluding carboxylic acids is 2. The Kier molecular flexibility index (Phi) is 6.11. The topological polar surface area (TPSA) is 95.9 Å². The molecule has 0 radical (unpaired) electrons. The van der Waals surface area contributed by atoms with Crippen LogP contribution in [0.4, 0.5) is 4.79 Å². The number of hydrogen-bond donors (Lipinski definition) is 2. The van der Waals surface area contributed by atoms with Crippen molar-refractivity contribution in [3.05, 3.63) is 0 Å². The molecule has 0 saturated carbocycles. The van der Waals surface area contributed by atoms with Gasteiger partial charge in [0.15, 0.2) is 0 Å². The zero-order valence-electron chi connectivity index (χ0n) is 11.1. The Labute approximate surface area is 111 Å². The van der Waals surface area contributed by atoms with Crippen LogP contribution < -0.4 is 5.32 Å². The minimum absolute atomic E-state index is 0.134. The van der Waals surface area contributed by atoms with Crippen LogP contribution in [0.3, 0.4) is 0 Å². The molecule has 1 aliphatic heterocycles. The number of ether oxygens (including phenoxy) is 1. The zero-order valence-corrected chi connectivity index (χ0v) is 11.1. The predicted molar refractivity (Wildman–Crippen MR) is 66.6 cm³/mol. The van der Waals surface area contributed by atoms with Gasteiger partial charge < -0.3 is 20.1 Å². The van der Waals surface area contributed by atoms with E-state index in [4.69, 9.17) is 9.84 Å². The SMILES string of the molecule is CCOC(=O)CCNC(=O)C1CCCN(C(=O)O)C1. The molecule has 1 heterocycles. The first kappa shape index (κ1) is 15.3. The standard InChI is InChI=1S/C12H20N2O5/c1-2-19-10(15)5-6-13-11(16)9-4-3-7-14(8-9)12(17)18/h9H,2-8H2,1H3,(H,13,16)(H,17,18). The molecule has 108 valence electrons. The predicted octanol–water partition coefficient (Wildman–Crippen LogP) is 0.446. The molecule has 1 atom stereocenters. The number of nitrogens with one attached hydrogen (secondary N) is 1. The van der Waals surface area contributed by atoms with Gasteiger partial charge in [-0.05, 0) is 19.8 Å². The molecular formula is C12H20N2O5. The second kappa shape index (κ2) is 7.60. The molecule has 1 aliphatic rings. The molecule has 7 heteroatoms. The Balaban J connectivity index is 2.29. The minimum atomic E-state index is -0.996. The number of amides is 2. The van der Waals surface area contributed by atoms with Gasteiger partial charge in [0.25, 0.3) is 0 Å². The molecule has 7 nitrogen and oxygen atoms in total. The van der Waals surface area contributed by atoms with Crippen molar-refractivity contribution in [3.8, 4) is 0 Å². The number of likely N-dealkylation sites (tertiary alicyclic amines) is 1. The lowest BCUT2D eigenvalue weighted by Gasteiger charge is -2.29. The first-order chi connectivity index (χ1) is 9.04. The van der Waals surface area contributed by atoms with E-state index >= 15 is 0 Å². The van der Waals surface area contributed by atoms with Crippen LogP contribution in [0.25, 0.3) is 0 Å². The molecule has 0 spiro atoms. The third-order valence-corrected chi connectivity index (χ3v) is 3.00. The summed E-state index contributed by atoms with van der Waals surface area (Å²) >= 11 is 0. The van der Waals surface area contributed by atoms with Gasteiger partial charge in [-0.3, -0.25) is 9.59 Å². The number of esters is 1. The molecule has 1 unspecified atom stereocenters. The largest absolute Gasteiger partial charge is 0.466 e. The number of rotatable bonds is 5. The maximum Gasteiger partial charge on any atom is 0.407 e. The summed E-state index contributed by atoms with van der Waals surface area (Å²) in [6.07, 6.45) is 0.496. The summed E-state index contributed by atoms with van der Waals surface area (Å²) in [4.78, 5) is 35.0. The van der Waals surface area contributed by atoms with Crippen molar-refractivity contribution in [2.45, 2.75) is 26.2 Å². The normalized spacial score (nSPS) is 18.8. The summed E-state index contributed by atoms with van der Waals surface area (Å²) in [6, 6.07) is 0. The summed E-state index contributed by atoms with van der Waals surface area (Å²) in [5.74, 6) is -0.874. The fourth-order valence-electron chi connectivity index (χ4n) is 2.03. The van der Waals surface area contributed by atoms with Crippen LogP contribution in [0.5, 0.6) is 0 Å². The van der Waals surface area contributed by atoms with Crippen LogP contribution in [-0.2, 0) is 14.3 Å². The molecule has 0 aromatic carbocycles. The van der Waals surface area contributed by atoms with E-state index in [0.717, 1.165) is 0 Å². The van der Waals surface area contributed by atoms with Gasteiger partial charge in [0, 0.05) is 19.6 Å². The molecular weight excluding hydrogens is 252 g/mol. The van der Waals surface area contributed by atoms with Crippen molar-refractivity contribution in [3.63, 3.8) is 0 Å². The van der Waals surface area contributed by atoms with Gasteiger partial charge in [0.2, 0.25) is 5.91 Å². The maximum absolute atomic E-state index is 11.8. The lowest BCUT2D eigenvalue weighted by Crippen LogP contribution is -2.45. The molecule has 0 bridgehead atoms. The smallest absolute Gasteiger partial charge is 0.407 e. The van der Waals surface area contributed by atoms with Crippen LogP contribution in [0.15, 0.2) is 0 Å². The average molecular weight is 272 g/mol. The molecule has 1 rings (SSSR count). The summed E-state index contributed by atoms with van der Waals surface area (Å²) in [5, 5.41) is 11.5. The maximum atomic E-state index is 11.8. The van der Waals surface area contributed by atoms with Crippen LogP contribution in [0.2, 0.25) is 0 Å². The fourth-order valence-corrected chi connectivity index (χ4v) is 2.03. The van der Waals surface area contributed by atoms with Gasteiger partial charge >= 0.3 is 12.1 Å². The Morgan fingerprint density at radius 2 is 2.16 bits per heavy atom. The molecule has 2 amide bonds. The van der Waals surface area contributed by atoms with Crippen molar-refractivity contribution >= 4 is 18.0 Å². The van der Waals surface area contributed by atoms with Crippen molar-refractivity contribution in [1.29, 1.82) is 0 Å². The third kappa shape index (κ3) is 5.15. The molecule has 0 aromatic rings. The lowest BCUT2D eigenvalue weighted by atomic mass is 9.97. The number of hydrogen-bond acceptors (Lipinski definition) is 4. The summed E-state index contributed by atoms with van der Waals surface area (Å²) in [5.41, 5.74) is 0. The van der Waals surface area contributed by atoms with Gasteiger partial charge in [0.1, 0.15) is 0 Å². The number of carbonyl (C=O) groups is 3. The highest BCUT2D eigenvalue weighted by molar-refractivity contribution is 5.80. The summed E-state index contributed by atoms with van der Waals surface area (Å²) in [7, 11) is 0. The van der Waals surface area contributed by atoms with Crippen LogP contribution in [-0.4, -0.2) is 54.2 Å². The van der Waals surface area contributed by atoms with Crippen LogP contribution in [0, 0.1) is 5.92 Å². The van der Waals surface area contributed by atoms with E-state index in [9.17, 15) is 14.4 Å². The van der Waals surface area contributed by atoms with Gasteiger partial charge in [-0.1, -0.05) is 0 Å². The van der Waals surface area contributed by atoms with Crippen molar-refractivity contribution < 1.29 is 24.2 Å². The molecule has 0 aliphatic carbocycles. The minimum Gasteiger partial charge on any atom is -0.466 e. The Morgan fingerprint density at radius 3 is 2.79 bits per heavy atom. The van der Waals surface area contributed by atoms with Gasteiger partial charge in [-0.25, -0.2) is 4.79 Å². The highest BCUT2D eigenvalue weighted by Crippen LogP contribution is 2.16. The Bertz CT molecular complexity index is 345. The van der Waals surface area contributed by atoms with Gasteiger partial charge in [0.05, 0.1) is 18.9 Å². The van der Waals surface area contributed by atoms with Gasteiger partial charge in [-0.2, -0.15) is 0 Å². The highest BCUT2D eigenvalue weighted by Gasteiger charge is 2.27. The molecule has 19 heavy (non-hydrogen) atoms. The van der Waals surface area contributed by atoms with Gasteiger partial charge in [-0.15, -0.1) is 0 Å². The van der Waals surface area contributed by atoms with E-state index in [2.05, 4.69) is 5.32 Å². The van der Waals surface area contributed by atoms with E-state index in [-0.39, 0.29) is 37.3 Å². The van der Waals surface area contributed by atoms with Crippen LogP contribution in [0.1, 0.15) is 26.2 Å². The zero-order chi connectivity index (χ0) is 14.3. The monoisotopic (exact) mass is 272 g/mol. The average Bonchev–Trinajstić information content (AvgIpc) is 2.39. The van der Waals surface area contributed by atoms with E-state index < -0.39 is 6.09 Å². The third-order valence-electron chi connectivity index (χ3n) is 3.00. The second-order valence-electron chi connectivity index (χ2n) is 4.41. The van der Waals surface area contributed by atoms with E-state index in [1.807, 2.05) is 0 Å². The summed E-state index contributed by atoms with van der Waals surface area (Å²) < 4.78 is 4.74. The van der Waals surface area contributed by atoms with Crippen molar-refractivity contribution in [1.82, 2.24) is 10.2 Å². The second-order valence-corrected chi connectivity index (χ2v) is 4.41. The van der Waals surface area contributed by atoms with Crippen LogP contribution >= 0.6 is 0 Å². The molecule has 2 N–H and O–H groups in total. The first-order valence-electron chi connectivity index (χ1n) is 6.45.